The number of aliphatic imine (C=N–C) groups is 1. The number of nitrogens with one attached hydrogen (secondary N) is 2. The Morgan fingerprint density at radius 1 is 1.21 bits per heavy atom. The molecule has 2 aromatic rings. The van der Waals surface area contributed by atoms with E-state index in [1.807, 2.05) is 12.1 Å². The van der Waals surface area contributed by atoms with Gasteiger partial charge in [0.15, 0.2) is 5.96 Å². The molecule has 0 spiro atoms. The van der Waals surface area contributed by atoms with Gasteiger partial charge in [-0.3, -0.25) is 0 Å². The number of nitrogens with zero attached hydrogens (tertiary/aromatic N) is 1. The summed E-state index contributed by atoms with van der Waals surface area (Å²) in [5.74, 6) is 2.57. The Bertz CT molecular complexity index is 765. The van der Waals surface area contributed by atoms with Gasteiger partial charge < -0.3 is 24.5 Å². The summed E-state index contributed by atoms with van der Waals surface area (Å²) < 4.78 is 16.8. The van der Waals surface area contributed by atoms with Crippen molar-refractivity contribution in [3.05, 3.63) is 53.5 Å². The van der Waals surface area contributed by atoms with Gasteiger partial charge in [0.1, 0.15) is 18.1 Å². The molecular weight excluding hydrogens is 354 g/mol. The van der Waals surface area contributed by atoms with E-state index in [2.05, 4.69) is 47.7 Å². The molecule has 0 atom stereocenters. The minimum absolute atomic E-state index is 0.0590. The predicted octanol–water partition coefficient (Wildman–Crippen LogP) is 3.40. The van der Waals surface area contributed by atoms with Crippen molar-refractivity contribution in [3.8, 4) is 5.75 Å². The van der Waals surface area contributed by atoms with Gasteiger partial charge in [-0.1, -0.05) is 17.7 Å². The quantitative estimate of drug-likeness (QED) is 0.565. The summed E-state index contributed by atoms with van der Waals surface area (Å²) in [6.45, 7) is 7.76. The number of methoxy groups -OCH3 is 1. The largest absolute Gasteiger partial charge is 0.496 e. The molecule has 0 bridgehead atoms. The zero-order valence-corrected chi connectivity index (χ0v) is 17.1. The third kappa shape index (κ3) is 4.87. The van der Waals surface area contributed by atoms with Crippen LogP contribution in [0.5, 0.6) is 5.75 Å². The first-order valence-electron chi connectivity index (χ1n) is 9.94. The van der Waals surface area contributed by atoms with Gasteiger partial charge in [-0.05, 0) is 44.9 Å². The van der Waals surface area contributed by atoms with Crippen LogP contribution in [0.15, 0.2) is 46.0 Å². The topological polar surface area (TPSA) is 68.0 Å². The van der Waals surface area contributed by atoms with Crippen LogP contribution in [0.4, 0.5) is 0 Å². The van der Waals surface area contributed by atoms with Crippen LogP contribution in [0.25, 0.3) is 0 Å². The second-order valence-corrected chi connectivity index (χ2v) is 7.22. The van der Waals surface area contributed by atoms with Gasteiger partial charge in [0, 0.05) is 37.3 Å². The number of benzene rings is 1. The molecule has 1 aromatic carbocycles. The van der Waals surface area contributed by atoms with Crippen LogP contribution >= 0.6 is 0 Å². The van der Waals surface area contributed by atoms with E-state index in [1.54, 1.807) is 13.4 Å². The maximum Gasteiger partial charge on any atom is 0.191 e. The van der Waals surface area contributed by atoms with Crippen LogP contribution in [0.3, 0.4) is 0 Å². The summed E-state index contributed by atoms with van der Waals surface area (Å²) in [5, 5.41) is 6.88. The van der Waals surface area contributed by atoms with Crippen molar-refractivity contribution < 1.29 is 13.9 Å². The van der Waals surface area contributed by atoms with Gasteiger partial charge in [-0.25, -0.2) is 4.99 Å². The van der Waals surface area contributed by atoms with Gasteiger partial charge in [0.2, 0.25) is 0 Å². The fraction of sp³-hybridized carbons (Fsp3) is 0.500. The third-order valence-corrected chi connectivity index (χ3v) is 5.29. The lowest BCUT2D eigenvalue weighted by atomic mass is 9.73. The van der Waals surface area contributed by atoms with Crippen LogP contribution in [0.1, 0.15) is 36.7 Å². The lowest BCUT2D eigenvalue weighted by molar-refractivity contribution is 0.0505. The number of guanidine groups is 1. The van der Waals surface area contributed by atoms with Crippen LogP contribution in [0, 0.1) is 6.92 Å². The first-order chi connectivity index (χ1) is 13.7. The van der Waals surface area contributed by atoms with Crippen molar-refractivity contribution in [1.82, 2.24) is 10.6 Å². The summed E-state index contributed by atoms with van der Waals surface area (Å²) in [5.41, 5.74) is 2.42. The van der Waals surface area contributed by atoms with Crippen molar-refractivity contribution >= 4 is 5.96 Å². The molecule has 1 aromatic heterocycles. The predicted molar refractivity (Wildman–Crippen MR) is 111 cm³/mol. The van der Waals surface area contributed by atoms with Gasteiger partial charge in [0.25, 0.3) is 0 Å². The fourth-order valence-electron chi connectivity index (χ4n) is 3.69. The molecule has 1 aliphatic rings. The SMILES string of the molecule is CCNC(=NCc1ccco1)NCC1(c2cc(C)ccc2OC)CCOCC1. The van der Waals surface area contributed by atoms with E-state index < -0.39 is 0 Å². The highest BCUT2D eigenvalue weighted by Gasteiger charge is 2.37. The minimum Gasteiger partial charge on any atom is -0.496 e. The van der Waals surface area contributed by atoms with E-state index in [9.17, 15) is 0 Å². The first-order valence-corrected chi connectivity index (χ1v) is 9.94. The minimum atomic E-state index is -0.0590. The number of rotatable bonds is 7. The lowest BCUT2D eigenvalue weighted by Crippen LogP contribution is -2.48. The molecule has 0 unspecified atom stereocenters. The molecule has 152 valence electrons. The normalized spacial score (nSPS) is 16.6. The lowest BCUT2D eigenvalue weighted by Gasteiger charge is -2.39. The van der Waals surface area contributed by atoms with Crippen LogP contribution < -0.4 is 15.4 Å². The summed E-state index contributed by atoms with van der Waals surface area (Å²) >= 11 is 0. The van der Waals surface area contributed by atoms with Crippen molar-refractivity contribution in [1.29, 1.82) is 0 Å². The average molecular weight is 386 g/mol. The average Bonchev–Trinajstić information content (AvgIpc) is 3.24. The Hall–Kier alpha value is -2.47. The molecule has 6 nitrogen and oxygen atoms in total. The van der Waals surface area contributed by atoms with Crippen LogP contribution in [-0.4, -0.2) is 39.4 Å². The van der Waals surface area contributed by atoms with E-state index in [0.717, 1.165) is 56.6 Å². The highest BCUT2D eigenvalue weighted by molar-refractivity contribution is 5.79. The molecular formula is C22H31N3O3. The van der Waals surface area contributed by atoms with E-state index in [4.69, 9.17) is 13.9 Å². The second kappa shape index (κ2) is 9.64. The Kier molecular flexibility index (Phi) is 6.98. The van der Waals surface area contributed by atoms with E-state index in [-0.39, 0.29) is 5.41 Å². The maximum atomic E-state index is 5.70. The number of ether oxygens (including phenoxy) is 2. The number of hydrogen-bond acceptors (Lipinski definition) is 4. The van der Waals surface area contributed by atoms with E-state index in [1.165, 1.54) is 11.1 Å². The molecule has 1 saturated heterocycles. The van der Waals surface area contributed by atoms with E-state index >= 15 is 0 Å². The highest BCUT2D eigenvalue weighted by Crippen LogP contribution is 2.40. The summed E-state index contributed by atoms with van der Waals surface area (Å²) in [6.07, 6.45) is 3.56. The summed E-state index contributed by atoms with van der Waals surface area (Å²) in [6, 6.07) is 10.2. The molecule has 0 radical (unpaired) electrons. The zero-order valence-electron chi connectivity index (χ0n) is 17.1. The zero-order chi connectivity index (χ0) is 19.8. The third-order valence-electron chi connectivity index (χ3n) is 5.29. The molecule has 2 N–H and O–H groups in total. The fourth-order valence-corrected chi connectivity index (χ4v) is 3.69. The highest BCUT2D eigenvalue weighted by atomic mass is 16.5. The first kappa shape index (κ1) is 20.3. The molecule has 1 fully saturated rings. The Labute approximate surface area is 167 Å². The van der Waals surface area contributed by atoms with Crippen molar-refractivity contribution in [2.45, 2.75) is 38.6 Å². The Morgan fingerprint density at radius 2 is 2.04 bits per heavy atom. The van der Waals surface area contributed by atoms with Gasteiger partial charge in [-0.15, -0.1) is 0 Å². The molecule has 0 saturated carbocycles. The van der Waals surface area contributed by atoms with Crippen LogP contribution in [-0.2, 0) is 16.7 Å². The van der Waals surface area contributed by atoms with Crippen molar-refractivity contribution in [2.24, 2.45) is 4.99 Å². The Morgan fingerprint density at radius 3 is 2.71 bits per heavy atom. The Balaban J connectivity index is 1.81. The van der Waals surface area contributed by atoms with Crippen molar-refractivity contribution in [3.63, 3.8) is 0 Å². The number of furan rings is 1. The smallest absolute Gasteiger partial charge is 0.191 e. The van der Waals surface area contributed by atoms with E-state index in [0.29, 0.717) is 6.54 Å². The van der Waals surface area contributed by atoms with Gasteiger partial charge >= 0.3 is 0 Å². The molecule has 6 heteroatoms. The number of aryl methyl sites for hydroxylation is 1. The molecule has 0 amide bonds. The van der Waals surface area contributed by atoms with Gasteiger partial charge in [-0.2, -0.15) is 0 Å². The molecule has 0 aliphatic carbocycles. The van der Waals surface area contributed by atoms with Gasteiger partial charge in [0.05, 0.1) is 13.4 Å². The molecule has 3 rings (SSSR count). The standard InChI is InChI=1S/C22H31N3O3/c1-4-23-21(24-15-18-6-5-11-28-18)25-16-22(9-12-27-13-10-22)19-14-17(2)7-8-20(19)26-3/h5-8,11,14H,4,9-10,12-13,15-16H2,1-3H3,(H2,23,24,25). The second-order valence-electron chi connectivity index (χ2n) is 7.22. The van der Waals surface area contributed by atoms with Crippen LogP contribution in [0.2, 0.25) is 0 Å². The summed E-state index contributed by atoms with van der Waals surface area (Å²) in [7, 11) is 1.74. The van der Waals surface area contributed by atoms with Crippen molar-refractivity contribution in [2.75, 3.05) is 33.4 Å². The molecule has 1 aliphatic heterocycles. The molecule has 28 heavy (non-hydrogen) atoms. The maximum absolute atomic E-state index is 5.70. The summed E-state index contributed by atoms with van der Waals surface area (Å²) in [4.78, 5) is 4.66. The number of hydrogen-bond donors (Lipinski definition) is 2. The molecule has 2 heterocycles. The monoisotopic (exact) mass is 385 g/mol.